The van der Waals surface area contributed by atoms with Crippen molar-refractivity contribution in [2.75, 3.05) is 19.6 Å². The molecule has 1 unspecified atom stereocenters. The lowest BCUT2D eigenvalue weighted by molar-refractivity contribution is -0.123. The van der Waals surface area contributed by atoms with Gasteiger partial charge in [-0.2, -0.15) is 5.26 Å². The van der Waals surface area contributed by atoms with E-state index in [-0.39, 0.29) is 11.8 Å². The van der Waals surface area contributed by atoms with Gasteiger partial charge in [0.05, 0.1) is 6.07 Å². The summed E-state index contributed by atoms with van der Waals surface area (Å²) in [7, 11) is 0. The monoisotopic (exact) mass is 221 g/mol. The van der Waals surface area contributed by atoms with Crippen LogP contribution in [0.2, 0.25) is 0 Å². The van der Waals surface area contributed by atoms with Gasteiger partial charge in [-0.1, -0.05) is 0 Å². The molecule has 16 heavy (non-hydrogen) atoms. The Hall–Kier alpha value is -1.08. The van der Waals surface area contributed by atoms with Gasteiger partial charge in [0, 0.05) is 18.9 Å². The second-order valence-corrected chi connectivity index (χ2v) is 4.92. The van der Waals surface area contributed by atoms with Crippen molar-refractivity contribution < 1.29 is 4.79 Å². The zero-order chi connectivity index (χ0) is 11.4. The Bertz CT molecular complexity index is 302. The molecule has 2 aliphatic rings. The first-order chi connectivity index (χ1) is 7.78. The van der Waals surface area contributed by atoms with Gasteiger partial charge in [-0.05, 0) is 44.2 Å². The number of hydrogen-bond acceptors (Lipinski definition) is 3. The van der Waals surface area contributed by atoms with Gasteiger partial charge in [-0.15, -0.1) is 0 Å². The van der Waals surface area contributed by atoms with E-state index < -0.39 is 0 Å². The van der Waals surface area contributed by atoms with Crippen LogP contribution in [0.5, 0.6) is 0 Å². The maximum absolute atomic E-state index is 11.8. The first-order valence-electron chi connectivity index (χ1n) is 6.14. The molecule has 0 aromatic carbocycles. The van der Waals surface area contributed by atoms with Crippen molar-refractivity contribution in [3.8, 4) is 6.07 Å². The SMILES string of the molecule is N#CCCCNC(=O)C1CC12CCNCC2. The Morgan fingerprint density at radius 3 is 2.94 bits per heavy atom. The highest BCUT2D eigenvalue weighted by Crippen LogP contribution is 2.58. The lowest BCUT2D eigenvalue weighted by Crippen LogP contribution is -2.34. The highest BCUT2D eigenvalue weighted by molar-refractivity contribution is 5.82. The number of carbonyl (C=O) groups is 1. The highest BCUT2D eigenvalue weighted by Gasteiger charge is 2.57. The van der Waals surface area contributed by atoms with Crippen LogP contribution < -0.4 is 10.6 Å². The topological polar surface area (TPSA) is 64.9 Å². The molecule has 1 spiro atoms. The standard InChI is InChI=1S/C12H19N3O/c13-5-1-2-6-15-11(16)10-9-12(10)3-7-14-8-4-12/h10,14H,1-4,6-9H2,(H,15,16). The lowest BCUT2D eigenvalue weighted by atomic mass is 9.92. The molecule has 0 bridgehead atoms. The Morgan fingerprint density at radius 2 is 2.25 bits per heavy atom. The lowest BCUT2D eigenvalue weighted by Gasteiger charge is -2.23. The third-order valence-corrected chi connectivity index (χ3v) is 3.87. The van der Waals surface area contributed by atoms with Crippen LogP contribution in [0.25, 0.3) is 0 Å². The predicted octanol–water partition coefficient (Wildman–Crippen LogP) is 0.796. The third-order valence-electron chi connectivity index (χ3n) is 3.87. The van der Waals surface area contributed by atoms with Gasteiger partial charge in [0.15, 0.2) is 0 Å². The van der Waals surface area contributed by atoms with Crippen LogP contribution in [0.1, 0.15) is 32.1 Å². The highest BCUT2D eigenvalue weighted by atomic mass is 16.2. The molecule has 1 aliphatic carbocycles. The predicted molar refractivity (Wildman–Crippen MR) is 60.5 cm³/mol. The molecular formula is C12H19N3O. The zero-order valence-electron chi connectivity index (χ0n) is 9.59. The minimum absolute atomic E-state index is 0.208. The van der Waals surface area contributed by atoms with E-state index in [1.165, 1.54) is 0 Å². The number of piperidine rings is 1. The van der Waals surface area contributed by atoms with Crippen LogP contribution in [0.3, 0.4) is 0 Å². The molecule has 0 aromatic heterocycles. The van der Waals surface area contributed by atoms with E-state index in [4.69, 9.17) is 5.26 Å². The van der Waals surface area contributed by atoms with Crippen LogP contribution in [-0.2, 0) is 4.79 Å². The summed E-state index contributed by atoms with van der Waals surface area (Å²) in [5, 5.41) is 14.7. The van der Waals surface area contributed by atoms with Gasteiger partial charge in [0.25, 0.3) is 0 Å². The molecule has 2 N–H and O–H groups in total. The zero-order valence-corrected chi connectivity index (χ0v) is 9.59. The Kier molecular flexibility index (Phi) is 3.45. The fraction of sp³-hybridized carbons (Fsp3) is 0.833. The van der Waals surface area contributed by atoms with E-state index in [1.54, 1.807) is 0 Å². The second kappa shape index (κ2) is 4.84. The minimum Gasteiger partial charge on any atom is -0.356 e. The van der Waals surface area contributed by atoms with Gasteiger partial charge in [-0.3, -0.25) is 4.79 Å². The molecule has 1 aliphatic heterocycles. The van der Waals surface area contributed by atoms with Crippen molar-refractivity contribution in [1.82, 2.24) is 10.6 Å². The summed E-state index contributed by atoms with van der Waals surface area (Å²) < 4.78 is 0. The summed E-state index contributed by atoms with van der Waals surface area (Å²) in [6.07, 6.45) is 4.65. The van der Waals surface area contributed by atoms with Crippen LogP contribution in [0.15, 0.2) is 0 Å². The number of unbranched alkanes of at least 4 members (excludes halogenated alkanes) is 1. The largest absolute Gasteiger partial charge is 0.356 e. The van der Waals surface area contributed by atoms with Crippen LogP contribution >= 0.6 is 0 Å². The number of hydrogen-bond donors (Lipinski definition) is 2. The molecule has 1 amide bonds. The summed E-state index contributed by atoms with van der Waals surface area (Å²) in [5.74, 6) is 0.455. The van der Waals surface area contributed by atoms with Crippen LogP contribution in [0, 0.1) is 22.7 Å². The number of nitrogens with zero attached hydrogens (tertiary/aromatic N) is 1. The molecule has 4 heteroatoms. The van der Waals surface area contributed by atoms with Crippen molar-refractivity contribution >= 4 is 5.91 Å². The number of amides is 1. The van der Waals surface area contributed by atoms with Crippen molar-refractivity contribution in [3.05, 3.63) is 0 Å². The molecule has 1 heterocycles. The normalized spacial score (nSPS) is 26.1. The number of rotatable bonds is 4. The Morgan fingerprint density at radius 1 is 1.50 bits per heavy atom. The maximum atomic E-state index is 11.8. The van der Waals surface area contributed by atoms with Crippen molar-refractivity contribution in [2.45, 2.75) is 32.1 Å². The molecule has 1 saturated carbocycles. The van der Waals surface area contributed by atoms with Crippen molar-refractivity contribution in [1.29, 1.82) is 5.26 Å². The first-order valence-corrected chi connectivity index (χ1v) is 6.14. The van der Waals surface area contributed by atoms with E-state index in [9.17, 15) is 4.79 Å². The Balaban J connectivity index is 1.70. The van der Waals surface area contributed by atoms with Crippen molar-refractivity contribution in [2.24, 2.45) is 11.3 Å². The summed E-state index contributed by atoms with van der Waals surface area (Å²) in [6.45, 7) is 2.76. The molecule has 4 nitrogen and oxygen atoms in total. The van der Waals surface area contributed by atoms with E-state index in [1.807, 2.05) is 0 Å². The molecule has 0 radical (unpaired) electrons. The van der Waals surface area contributed by atoms with Gasteiger partial charge >= 0.3 is 0 Å². The number of nitriles is 1. The minimum atomic E-state index is 0.208. The maximum Gasteiger partial charge on any atom is 0.223 e. The summed E-state index contributed by atoms with van der Waals surface area (Å²) in [4.78, 5) is 11.8. The second-order valence-electron chi connectivity index (χ2n) is 4.92. The number of nitrogens with one attached hydrogen (secondary N) is 2. The molecule has 2 rings (SSSR count). The molecule has 2 fully saturated rings. The Labute approximate surface area is 96.4 Å². The van der Waals surface area contributed by atoms with E-state index >= 15 is 0 Å². The fourth-order valence-corrected chi connectivity index (χ4v) is 2.70. The average Bonchev–Trinajstić information content (AvgIpc) is 2.99. The molecule has 1 saturated heterocycles. The van der Waals surface area contributed by atoms with Crippen LogP contribution in [-0.4, -0.2) is 25.5 Å². The summed E-state index contributed by atoms with van der Waals surface area (Å²) >= 11 is 0. The quantitative estimate of drug-likeness (QED) is 0.690. The molecule has 1 atom stereocenters. The molecular weight excluding hydrogens is 202 g/mol. The van der Waals surface area contributed by atoms with Gasteiger partial charge in [0.2, 0.25) is 5.91 Å². The summed E-state index contributed by atoms with van der Waals surface area (Å²) in [6, 6.07) is 2.08. The average molecular weight is 221 g/mol. The summed E-state index contributed by atoms with van der Waals surface area (Å²) in [5.41, 5.74) is 0.324. The van der Waals surface area contributed by atoms with Crippen LogP contribution in [0.4, 0.5) is 0 Å². The van der Waals surface area contributed by atoms with Gasteiger partial charge in [-0.25, -0.2) is 0 Å². The number of carbonyl (C=O) groups excluding carboxylic acids is 1. The van der Waals surface area contributed by atoms with Crippen molar-refractivity contribution in [3.63, 3.8) is 0 Å². The molecule has 0 aromatic rings. The first kappa shape index (κ1) is 11.4. The third kappa shape index (κ3) is 2.35. The van der Waals surface area contributed by atoms with E-state index in [0.29, 0.717) is 18.4 Å². The van der Waals surface area contributed by atoms with Gasteiger partial charge in [0.1, 0.15) is 0 Å². The fourth-order valence-electron chi connectivity index (χ4n) is 2.70. The smallest absolute Gasteiger partial charge is 0.223 e. The molecule has 88 valence electrons. The van der Waals surface area contributed by atoms with Gasteiger partial charge < -0.3 is 10.6 Å². The van der Waals surface area contributed by atoms with E-state index in [0.717, 1.165) is 38.8 Å². The van der Waals surface area contributed by atoms with E-state index in [2.05, 4.69) is 16.7 Å².